The normalized spacial score (nSPS) is 12.4. The number of unbranched alkanes of at least 4 members (excludes halogenated alkanes) is 4. The van der Waals surface area contributed by atoms with Gasteiger partial charge in [-0.2, -0.15) is 0 Å². The molecule has 0 aliphatic rings. The first kappa shape index (κ1) is 27.8. The van der Waals surface area contributed by atoms with E-state index in [0.717, 1.165) is 51.6 Å². The smallest absolute Gasteiger partial charge is 0.242 e. The Labute approximate surface area is 177 Å². The van der Waals surface area contributed by atoms with E-state index in [1.807, 2.05) is 27.7 Å². The van der Waals surface area contributed by atoms with E-state index in [-0.39, 0.29) is 24.0 Å². The average molecular weight is 416 g/mol. The van der Waals surface area contributed by atoms with E-state index in [4.69, 9.17) is 15.2 Å². The quantitative estimate of drug-likeness (QED) is 0.282. The highest BCUT2D eigenvalue weighted by molar-refractivity contribution is 5.87. The molecule has 0 bridgehead atoms. The molecule has 172 valence electrons. The number of nitrogens with one attached hydrogen (secondary N) is 2. The summed E-state index contributed by atoms with van der Waals surface area (Å²) >= 11 is 0. The molecule has 2 amide bonds. The van der Waals surface area contributed by atoms with Gasteiger partial charge in [0, 0.05) is 26.2 Å². The van der Waals surface area contributed by atoms with Crippen LogP contribution in [0, 0.1) is 0 Å². The summed E-state index contributed by atoms with van der Waals surface area (Å²) in [6.07, 6.45) is 7.68. The van der Waals surface area contributed by atoms with Gasteiger partial charge in [-0.15, -0.1) is 0 Å². The third-order valence-corrected chi connectivity index (χ3v) is 4.42. The van der Waals surface area contributed by atoms with Crippen molar-refractivity contribution in [1.29, 1.82) is 0 Å². The summed E-state index contributed by atoms with van der Waals surface area (Å²) in [6.45, 7) is 10.7. The molecule has 0 radical (unpaired) electrons. The van der Waals surface area contributed by atoms with Gasteiger partial charge >= 0.3 is 0 Å². The molecule has 0 fully saturated rings. The van der Waals surface area contributed by atoms with Gasteiger partial charge in [0.25, 0.3) is 0 Å². The zero-order valence-corrected chi connectivity index (χ0v) is 19.1. The molecular formula is C22H45N3O4. The fourth-order valence-electron chi connectivity index (χ4n) is 2.79. The lowest BCUT2D eigenvalue weighted by molar-refractivity contribution is -0.129. The number of hydrogen-bond donors (Lipinski definition) is 3. The molecule has 0 saturated heterocycles. The Morgan fingerprint density at radius 2 is 1.45 bits per heavy atom. The van der Waals surface area contributed by atoms with Crippen LogP contribution >= 0.6 is 0 Å². The zero-order chi connectivity index (χ0) is 21.9. The van der Waals surface area contributed by atoms with E-state index < -0.39 is 6.04 Å². The summed E-state index contributed by atoms with van der Waals surface area (Å²) in [5, 5.41) is 5.84. The van der Waals surface area contributed by atoms with Gasteiger partial charge in [-0.05, 0) is 79.2 Å². The van der Waals surface area contributed by atoms with Crippen molar-refractivity contribution in [3.63, 3.8) is 0 Å². The number of ether oxygens (including phenoxy) is 2. The van der Waals surface area contributed by atoms with E-state index >= 15 is 0 Å². The maximum absolute atomic E-state index is 12.5. The number of carbonyl (C=O) groups is 2. The molecule has 29 heavy (non-hydrogen) atoms. The fraction of sp³-hybridized carbons (Fsp3) is 0.909. The van der Waals surface area contributed by atoms with Crippen LogP contribution in [0.25, 0.3) is 0 Å². The van der Waals surface area contributed by atoms with Crippen LogP contribution < -0.4 is 16.4 Å². The van der Waals surface area contributed by atoms with Crippen molar-refractivity contribution in [2.24, 2.45) is 5.73 Å². The summed E-state index contributed by atoms with van der Waals surface area (Å²) in [6, 6.07) is -0.481. The second-order valence-electron chi connectivity index (χ2n) is 8.05. The number of carbonyl (C=O) groups excluding carboxylic acids is 2. The molecule has 0 heterocycles. The van der Waals surface area contributed by atoms with E-state index in [9.17, 15) is 9.59 Å². The van der Waals surface area contributed by atoms with Crippen LogP contribution in [0.3, 0.4) is 0 Å². The predicted molar refractivity (Wildman–Crippen MR) is 118 cm³/mol. The maximum atomic E-state index is 12.5. The molecule has 0 unspecified atom stereocenters. The van der Waals surface area contributed by atoms with Crippen LogP contribution in [0.15, 0.2) is 0 Å². The van der Waals surface area contributed by atoms with Crippen molar-refractivity contribution >= 4 is 11.8 Å². The van der Waals surface area contributed by atoms with Crippen LogP contribution in [-0.4, -0.2) is 56.4 Å². The van der Waals surface area contributed by atoms with E-state index in [1.165, 1.54) is 0 Å². The lowest BCUT2D eigenvalue weighted by atomic mass is 10.1. The molecule has 4 N–H and O–H groups in total. The maximum Gasteiger partial charge on any atom is 0.242 e. The molecule has 0 rings (SSSR count). The van der Waals surface area contributed by atoms with Gasteiger partial charge in [-0.1, -0.05) is 6.42 Å². The molecule has 0 aromatic heterocycles. The molecule has 1 atom stereocenters. The van der Waals surface area contributed by atoms with Crippen LogP contribution in [0.1, 0.15) is 85.5 Å². The molecule has 7 nitrogen and oxygen atoms in total. The fourth-order valence-corrected chi connectivity index (χ4v) is 2.79. The minimum absolute atomic E-state index is 0.0620. The molecule has 0 spiro atoms. The Bertz CT molecular complexity index is 417. The Morgan fingerprint density at radius 3 is 2.03 bits per heavy atom. The minimum atomic E-state index is -0.481. The Morgan fingerprint density at radius 1 is 0.828 bits per heavy atom. The summed E-state index contributed by atoms with van der Waals surface area (Å²) in [5.74, 6) is -0.168. The minimum Gasteiger partial charge on any atom is -0.379 e. The highest BCUT2D eigenvalue weighted by Gasteiger charge is 2.19. The van der Waals surface area contributed by atoms with E-state index in [1.54, 1.807) is 0 Å². The highest BCUT2D eigenvalue weighted by atomic mass is 16.5. The number of nitrogens with two attached hydrogens (primary N) is 1. The van der Waals surface area contributed by atoms with Crippen LogP contribution in [0.2, 0.25) is 0 Å². The van der Waals surface area contributed by atoms with Crippen molar-refractivity contribution in [2.45, 2.75) is 104 Å². The van der Waals surface area contributed by atoms with E-state index in [0.29, 0.717) is 32.5 Å². The average Bonchev–Trinajstić information content (AvgIpc) is 2.66. The molecular weight excluding hydrogens is 370 g/mol. The largest absolute Gasteiger partial charge is 0.379 e. The first-order chi connectivity index (χ1) is 13.9. The third-order valence-electron chi connectivity index (χ3n) is 4.42. The number of rotatable bonds is 19. The van der Waals surface area contributed by atoms with Crippen molar-refractivity contribution in [2.75, 3.05) is 26.3 Å². The lowest BCUT2D eigenvalue weighted by Crippen LogP contribution is -2.47. The van der Waals surface area contributed by atoms with Gasteiger partial charge < -0.3 is 25.8 Å². The first-order valence-corrected chi connectivity index (χ1v) is 11.4. The van der Waals surface area contributed by atoms with Crippen molar-refractivity contribution in [3.05, 3.63) is 0 Å². The van der Waals surface area contributed by atoms with Gasteiger partial charge in [0.05, 0.1) is 12.2 Å². The Balaban J connectivity index is 4.14. The summed E-state index contributed by atoms with van der Waals surface area (Å²) in [5.41, 5.74) is 5.55. The Hall–Kier alpha value is -1.18. The molecule has 0 aliphatic heterocycles. The summed E-state index contributed by atoms with van der Waals surface area (Å²) < 4.78 is 11.0. The summed E-state index contributed by atoms with van der Waals surface area (Å²) in [7, 11) is 0. The molecule has 0 aromatic carbocycles. The topological polar surface area (TPSA) is 103 Å². The van der Waals surface area contributed by atoms with Crippen molar-refractivity contribution < 1.29 is 19.1 Å². The van der Waals surface area contributed by atoms with Crippen LogP contribution in [0.4, 0.5) is 0 Å². The molecule has 0 aliphatic carbocycles. The second kappa shape index (κ2) is 18.8. The van der Waals surface area contributed by atoms with Crippen molar-refractivity contribution in [1.82, 2.24) is 10.6 Å². The predicted octanol–water partition coefficient (Wildman–Crippen LogP) is 2.91. The number of hydrogen-bond acceptors (Lipinski definition) is 5. The SMILES string of the molecule is CC(C)OCCCCCC(=O)N[C@@H](CCCCN)C(=O)NCCCCOC(C)C. The molecule has 0 aromatic rings. The van der Waals surface area contributed by atoms with E-state index in [2.05, 4.69) is 10.6 Å². The highest BCUT2D eigenvalue weighted by Crippen LogP contribution is 2.05. The van der Waals surface area contributed by atoms with Crippen molar-refractivity contribution in [3.8, 4) is 0 Å². The molecule has 0 saturated carbocycles. The van der Waals surface area contributed by atoms with Gasteiger partial charge in [0.15, 0.2) is 0 Å². The van der Waals surface area contributed by atoms with Gasteiger partial charge in [0.2, 0.25) is 11.8 Å². The van der Waals surface area contributed by atoms with Gasteiger partial charge in [-0.25, -0.2) is 0 Å². The lowest BCUT2D eigenvalue weighted by Gasteiger charge is -2.18. The summed E-state index contributed by atoms with van der Waals surface area (Å²) in [4.78, 5) is 24.7. The second-order valence-corrected chi connectivity index (χ2v) is 8.05. The first-order valence-electron chi connectivity index (χ1n) is 11.4. The van der Waals surface area contributed by atoms with Crippen LogP contribution in [0.5, 0.6) is 0 Å². The van der Waals surface area contributed by atoms with Gasteiger partial charge in [-0.3, -0.25) is 9.59 Å². The molecule has 7 heteroatoms. The standard InChI is InChI=1S/C22H45N3O4/c1-18(2)28-16-10-5-6-13-21(26)25-20(12-7-8-14-23)22(27)24-15-9-11-17-29-19(3)4/h18-20H,5-17,23H2,1-4H3,(H,24,27)(H,25,26)/t20-/m0/s1. The van der Waals surface area contributed by atoms with Crippen LogP contribution in [-0.2, 0) is 19.1 Å². The number of amides is 2. The Kier molecular flexibility index (Phi) is 18.1. The monoisotopic (exact) mass is 415 g/mol. The zero-order valence-electron chi connectivity index (χ0n) is 19.1. The third kappa shape index (κ3) is 18.6. The van der Waals surface area contributed by atoms with Gasteiger partial charge in [0.1, 0.15) is 6.04 Å².